The first-order valence-electron chi connectivity index (χ1n) is 5.99. The van der Waals surface area contributed by atoms with E-state index in [1.54, 1.807) is 0 Å². The Kier molecular flexibility index (Phi) is 3.67. The van der Waals surface area contributed by atoms with Crippen LogP contribution in [0.15, 0.2) is 30.6 Å². The molecule has 4 nitrogen and oxygen atoms in total. The van der Waals surface area contributed by atoms with Crippen molar-refractivity contribution < 1.29 is 5.11 Å². The lowest BCUT2D eigenvalue weighted by Gasteiger charge is -2.19. The van der Waals surface area contributed by atoms with Crippen molar-refractivity contribution in [2.75, 3.05) is 11.9 Å². The maximum Gasteiger partial charge on any atom is 0.0684 e. The van der Waals surface area contributed by atoms with Crippen molar-refractivity contribution in [1.82, 2.24) is 9.78 Å². The van der Waals surface area contributed by atoms with E-state index in [0.29, 0.717) is 0 Å². The van der Waals surface area contributed by atoms with Crippen LogP contribution in [0.4, 0.5) is 5.69 Å². The summed E-state index contributed by atoms with van der Waals surface area (Å²) >= 11 is 0. The molecule has 0 aliphatic heterocycles. The van der Waals surface area contributed by atoms with Crippen LogP contribution >= 0.6 is 0 Å². The molecular weight excluding hydrogens is 226 g/mol. The second kappa shape index (κ2) is 5.23. The Labute approximate surface area is 107 Å². The monoisotopic (exact) mass is 245 g/mol. The van der Waals surface area contributed by atoms with Crippen LogP contribution in [0.3, 0.4) is 0 Å². The van der Waals surface area contributed by atoms with E-state index in [2.05, 4.69) is 23.1 Å². The quantitative estimate of drug-likeness (QED) is 0.894. The zero-order valence-electron chi connectivity index (χ0n) is 11.1. The highest BCUT2D eigenvalue weighted by molar-refractivity contribution is 5.50. The van der Waals surface area contributed by atoms with Crippen LogP contribution in [0.2, 0.25) is 0 Å². The molecule has 0 unspecified atom stereocenters. The molecule has 1 aromatic carbocycles. The lowest BCUT2D eigenvalue weighted by atomic mass is 10.1. The Hall–Kier alpha value is -1.81. The van der Waals surface area contributed by atoms with Crippen molar-refractivity contribution in [3.8, 4) is 0 Å². The Morgan fingerprint density at radius 1 is 1.39 bits per heavy atom. The predicted molar refractivity (Wildman–Crippen MR) is 72.4 cm³/mol. The minimum absolute atomic E-state index is 0.0957. The van der Waals surface area contributed by atoms with E-state index >= 15 is 0 Å². The Bertz CT molecular complexity index is 534. The fourth-order valence-corrected chi connectivity index (χ4v) is 2.01. The molecule has 2 aromatic rings. The minimum atomic E-state index is 0.0957. The fraction of sp³-hybridized carbons (Fsp3) is 0.357. The van der Waals surface area contributed by atoms with Gasteiger partial charge < -0.3 is 10.0 Å². The van der Waals surface area contributed by atoms with Gasteiger partial charge in [0.1, 0.15) is 0 Å². The molecule has 1 N–H and O–H groups in total. The first-order chi connectivity index (χ1) is 8.60. The molecule has 0 amide bonds. The number of aliphatic hydroxyl groups is 1. The van der Waals surface area contributed by atoms with E-state index in [1.807, 2.05) is 43.2 Å². The summed E-state index contributed by atoms with van der Waals surface area (Å²) in [5.41, 5.74) is 4.43. The van der Waals surface area contributed by atoms with Gasteiger partial charge in [0.25, 0.3) is 0 Å². The van der Waals surface area contributed by atoms with E-state index in [1.165, 1.54) is 5.56 Å². The molecule has 0 atom stereocenters. The highest BCUT2D eigenvalue weighted by atomic mass is 16.3. The maximum absolute atomic E-state index is 9.16. The number of rotatable bonds is 4. The standard InChI is InChI=1S/C14H19N3O/c1-11-6-14(5-4-13(11)10-18)16(2)8-12-7-15-17(3)9-12/h4-7,9,18H,8,10H2,1-3H3. The van der Waals surface area contributed by atoms with Crippen LogP contribution in [0.5, 0.6) is 0 Å². The summed E-state index contributed by atoms with van der Waals surface area (Å²) < 4.78 is 1.81. The number of hydrogen-bond acceptors (Lipinski definition) is 3. The third-order valence-electron chi connectivity index (χ3n) is 3.12. The van der Waals surface area contributed by atoms with Crippen LogP contribution in [0.1, 0.15) is 16.7 Å². The molecule has 0 bridgehead atoms. The first kappa shape index (κ1) is 12.6. The van der Waals surface area contributed by atoms with Gasteiger partial charge in [0.2, 0.25) is 0 Å². The molecule has 0 spiro atoms. The third-order valence-corrected chi connectivity index (χ3v) is 3.12. The molecule has 96 valence electrons. The predicted octanol–water partition coefficient (Wildman–Crippen LogP) is 1.86. The molecule has 1 heterocycles. The molecule has 0 aliphatic carbocycles. The van der Waals surface area contributed by atoms with Gasteiger partial charge in [-0.2, -0.15) is 5.10 Å². The molecule has 18 heavy (non-hydrogen) atoms. The van der Waals surface area contributed by atoms with E-state index in [4.69, 9.17) is 5.11 Å². The Morgan fingerprint density at radius 3 is 2.72 bits per heavy atom. The fourth-order valence-electron chi connectivity index (χ4n) is 2.01. The van der Waals surface area contributed by atoms with Crippen LogP contribution in [0, 0.1) is 6.92 Å². The minimum Gasteiger partial charge on any atom is -0.392 e. The Morgan fingerprint density at radius 2 is 2.17 bits per heavy atom. The lowest BCUT2D eigenvalue weighted by Crippen LogP contribution is -2.16. The maximum atomic E-state index is 9.16. The largest absolute Gasteiger partial charge is 0.392 e. The highest BCUT2D eigenvalue weighted by Crippen LogP contribution is 2.19. The summed E-state index contributed by atoms with van der Waals surface area (Å²) in [5.74, 6) is 0. The van der Waals surface area contributed by atoms with Crippen LogP contribution in [0.25, 0.3) is 0 Å². The summed E-state index contributed by atoms with van der Waals surface area (Å²) in [6.07, 6.45) is 3.90. The smallest absolute Gasteiger partial charge is 0.0684 e. The van der Waals surface area contributed by atoms with Crippen molar-refractivity contribution >= 4 is 5.69 Å². The van der Waals surface area contributed by atoms with Gasteiger partial charge >= 0.3 is 0 Å². The third kappa shape index (κ3) is 2.71. The van der Waals surface area contributed by atoms with E-state index in [9.17, 15) is 0 Å². The van der Waals surface area contributed by atoms with Gasteiger partial charge in [-0.25, -0.2) is 0 Å². The van der Waals surface area contributed by atoms with Crippen LogP contribution in [-0.4, -0.2) is 21.9 Å². The van der Waals surface area contributed by atoms with Crippen molar-refractivity contribution in [3.63, 3.8) is 0 Å². The van der Waals surface area contributed by atoms with Crippen molar-refractivity contribution in [1.29, 1.82) is 0 Å². The number of hydrogen-bond donors (Lipinski definition) is 1. The second-order valence-corrected chi connectivity index (χ2v) is 4.65. The van der Waals surface area contributed by atoms with Crippen molar-refractivity contribution in [2.45, 2.75) is 20.1 Å². The summed E-state index contributed by atoms with van der Waals surface area (Å²) in [7, 11) is 3.98. The van der Waals surface area contributed by atoms with Gasteiger partial charge in [0.05, 0.1) is 12.8 Å². The molecule has 4 heteroatoms. The van der Waals surface area contributed by atoms with Gasteiger partial charge in [-0.1, -0.05) is 6.07 Å². The van der Waals surface area contributed by atoms with Gasteiger partial charge in [-0.05, 0) is 30.2 Å². The molecule has 0 fully saturated rings. The number of aromatic nitrogens is 2. The molecular formula is C14H19N3O. The number of aryl methyl sites for hydroxylation is 2. The molecule has 0 saturated heterocycles. The molecule has 0 radical (unpaired) electrons. The summed E-state index contributed by atoms with van der Waals surface area (Å²) in [6.45, 7) is 2.94. The number of aliphatic hydroxyl groups excluding tert-OH is 1. The summed E-state index contributed by atoms with van der Waals surface area (Å²) in [4.78, 5) is 2.17. The average molecular weight is 245 g/mol. The van der Waals surface area contributed by atoms with Gasteiger partial charge in [-0.3, -0.25) is 4.68 Å². The van der Waals surface area contributed by atoms with Crippen molar-refractivity contribution in [2.24, 2.45) is 7.05 Å². The molecule has 2 rings (SSSR count). The second-order valence-electron chi connectivity index (χ2n) is 4.65. The highest BCUT2D eigenvalue weighted by Gasteiger charge is 2.05. The Balaban J connectivity index is 2.13. The van der Waals surface area contributed by atoms with Gasteiger partial charge in [-0.15, -0.1) is 0 Å². The van der Waals surface area contributed by atoms with Gasteiger partial charge in [0, 0.05) is 38.1 Å². The van der Waals surface area contributed by atoms with Gasteiger partial charge in [0.15, 0.2) is 0 Å². The summed E-state index contributed by atoms with van der Waals surface area (Å²) in [6, 6.07) is 6.11. The van der Waals surface area contributed by atoms with E-state index in [0.717, 1.165) is 23.4 Å². The van der Waals surface area contributed by atoms with E-state index in [-0.39, 0.29) is 6.61 Å². The molecule has 0 saturated carbocycles. The number of anilines is 1. The normalized spacial score (nSPS) is 10.7. The SMILES string of the molecule is Cc1cc(N(C)Cc2cnn(C)c2)ccc1CO. The summed E-state index contributed by atoms with van der Waals surface area (Å²) in [5, 5.41) is 13.3. The first-order valence-corrected chi connectivity index (χ1v) is 5.99. The zero-order chi connectivity index (χ0) is 13.1. The number of nitrogens with zero attached hydrogens (tertiary/aromatic N) is 3. The van der Waals surface area contributed by atoms with Crippen molar-refractivity contribution in [3.05, 3.63) is 47.3 Å². The van der Waals surface area contributed by atoms with E-state index < -0.39 is 0 Å². The average Bonchev–Trinajstić information content (AvgIpc) is 2.74. The topological polar surface area (TPSA) is 41.3 Å². The number of benzene rings is 1. The molecule has 0 aliphatic rings. The van der Waals surface area contributed by atoms with Crippen LogP contribution < -0.4 is 4.90 Å². The lowest BCUT2D eigenvalue weighted by molar-refractivity contribution is 0.281. The van der Waals surface area contributed by atoms with Crippen LogP contribution in [-0.2, 0) is 20.2 Å². The zero-order valence-corrected chi connectivity index (χ0v) is 11.1. The molecule has 1 aromatic heterocycles.